The first-order valence-electron chi connectivity index (χ1n) is 5.40. The first kappa shape index (κ1) is 12.5. The van der Waals surface area contributed by atoms with Crippen LogP contribution >= 0.6 is 0 Å². The first-order chi connectivity index (χ1) is 9.16. The van der Waals surface area contributed by atoms with Crippen molar-refractivity contribution in [3.63, 3.8) is 0 Å². The Bertz CT molecular complexity index is 583. The Morgan fingerprint density at radius 1 is 1.00 bits per heavy atom. The van der Waals surface area contributed by atoms with E-state index in [4.69, 9.17) is 5.73 Å². The number of urea groups is 1. The van der Waals surface area contributed by atoms with Crippen molar-refractivity contribution in [2.45, 2.75) is 0 Å². The van der Waals surface area contributed by atoms with Gasteiger partial charge in [0, 0.05) is 18.0 Å². The topological polar surface area (TPSA) is 110 Å². The Morgan fingerprint density at radius 3 is 2.21 bits per heavy atom. The van der Waals surface area contributed by atoms with Crippen LogP contribution in [0.2, 0.25) is 0 Å². The summed E-state index contributed by atoms with van der Waals surface area (Å²) in [5.41, 5.74) is 9.98. The number of hydrazine groups is 1. The van der Waals surface area contributed by atoms with Gasteiger partial charge in [-0.1, -0.05) is 30.3 Å². The molecule has 1 aromatic carbocycles. The number of rotatable bonds is 2. The molecule has 0 aliphatic rings. The van der Waals surface area contributed by atoms with Gasteiger partial charge in [-0.3, -0.25) is 10.2 Å². The highest BCUT2D eigenvalue weighted by Gasteiger charge is 2.08. The molecule has 0 atom stereocenters. The molecule has 0 spiro atoms. The number of carbonyl (C=O) groups excluding carboxylic acids is 2. The van der Waals surface area contributed by atoms with E-state index >= 15 is 0 Å². The van der Waals surface area contributed by atoms with E-state index in [1.54, 1.807) is 0 Å². The average Bonchev–Trinajstić information content (AvgIpc) is 2.46. The normalized spacial score (nSPS) is 9.68. The van der Waals surface area contributed by atoms with Gasteiger partial charge in [-0.2, -0.15) is 0 Å². The van der Waals surface area contributed by atoms with E-state index in [1.165, 1.54) is 12.4 Å². The average molecular weight is 257 g/mol. The molecule has 0 fully saturated rings. The molecule has 4 N–H and O–H groups in total. The lowest BCUT2D eigenvalue weighted by Crippen LogP contribution is -2.44. The van der Waals surface area contributed by atoms with Crippen LogP contribution in [0.15, 0.2) is 42.7 Å². The van der Waals surface area contributed by atoms with Crippen molar-refractivity contribution < 1.29 is 9.59 Å². The second-order valence-corrected chi connectivity index (χ2v) is 3.60. The van der Waals surface area contributed by atoms with E-state index < -0.39 is 11.9 Å². The summed E-state index contributed by atoms with van der Waals surface area (Å²) < 4.78 is 0. The van der Waals surface area contributed by atoms with E-state index in [0.717, 1.165) is 5.56 Å². The number of carbonyl (C=O) groups is 2. The van der Waals surface area contributed by atoms with E-state index in [0.29, 0.717) is 5.82 Å². The summed E-state index contributed by atoms with van der Waals surface area (Å²) in [6.45, 7) is 0. The summed E-state index contributed by atoms with van der Waals surface area (Å²) in [5, 5.41) is 0. The highest BCUT2D eigenvalue weighted by molar-refractivity contribution is 5.94. The number of hydrogen-bond acceptors (Lipinski definition) is 4. The fraction of sp³-hybridized carbons (Fsp3) is 0. The van der Waals surface area contributed by atoms with Gasteiger partial charge in [0.25, 0.3) is 5.91 Å². The largest absolute Gasteiger partial charge is 0.350 e. The van der Waals surface area contributed by atoms with Crippen molar-refractivity contribution in [1.29, 1.82) is 0 Å². The van der Waals surface area contributed by atoms with Crippen LogP contribution < -0.4 is 16.6 Å². The van der Waals surface area contributed by atoms with Gasteiger partial charge in [-0.25, -0.2) is 20.2 Å². The Balaban J connectivity index is 2.10. The van der Waals surface area contributed by atoms with E-state index in [9.17, 15) is 9.59 Å². The zero-order valence-electron chi connectivity index (χ0n) is 9.83. The van der Waals surface area contributed by atoms with Crippen molar-refractivity contribution in [3.8, 4) is 11.4 Å². The number of primary amides is 1. The fourth-order valence-corrected chi connectivity index (χ4v) is 1.37. The Labute approximate surface area is 108 Å². The number of nitrogens with two attached hydrogens (primary N) is 1. The molecule has 0 saturated heterocycles. The standard InChI is InChI=1S/C12H11N5O2/c13-12(19)17-16-11(18)9-6-14-10(15-7-9)8-4-2-1-3-5-8/h1-7H,(H,16,18)(H3,13,17,19). The molecule has 96 valence electrons. The second-order valence-electron chi connectivity index (χ2n) is 3.60. The molecule has 0 unspecified atom stereocenters. The molecule has 19 heavy (non-hydrogen) atoms. The van der Waals surface area contributed by atoms with E-state index in [-0.39, 0.29) is 5.56 Å². The molecule has 7 heteroatoms. The maximum Gasteiger partial charge on any atom is 0.330 e. The maximum atomic E-state index is 11.5. The van der Waals surface area contributed by atoms with Gasteiger partial charge in [-0.15, -0.1) is 0 Å². The number of amides is 3. The van der Waals surface area contributed by atoms with Gasteiger partial charge in [0.2, 0.25) is 0 Å². The third-order valence-corrected chi connectivity index (χ3v) is 2.25. The van der Waals surface area contributed by atoms with Crippen LogP contribution in [0, 0.1) is 0 Å². The van der Waals surface area contributed by atoms with Gasteiger partial charge in [0.05, 0.1) is 5.56 Å². The lowest BCUT2D eigenvalue weighted by Gasteiger charge is -2.04. The molecular weight excluding hydrogens is 246 g/mol. The SMILES string of the molecule is NC(=O)NNC(=O)c1cnc(-c2ccccc2)nc1. The van der Waals surface area contributed by atoms with Crippen molar-refractivity contribution >= 4 is 11.9 Å². The fourth-order valence-electron chi connectivity index (χ4n) is 1.37. The summed E-state index contributed by atoms with van der Waals surface area (Å²) >= 11 is 0. The number of benzene rings is 1. The minimum Gasteiger partial charge on any atom is -0.350 e. The Morgan fingerprint density at radius 2 is 1.63 bits per heavy atom. The number of hydrogen-bond donors (Lipinski definition) is 3. The number of aromatic nitrogens is 2. The van der Waals surface area contributed by atoms with Crippen molar-refractivity contribution in [3.05, 3.63) is 48.3 Å². The molecule has 1 heterocycles. The van der Waals surface area contributed by atoms with Crippen LogP contribution in [0.3, 0.4) is 0 Å². The molecule has 0 saturated carbocycles. The molecule has 7 nitrogen and oxygen atoms in total. The van der Waals surface area contributed by atoms with Gasteiger partial charge < -0.3 is 5.73 Å². The molecule has 2 aromatic rings. The summed E-state index contributed by atoms with van der Waals surface area (Å²) in [4.78, 5) is 30.1. The monoisotopic (exact) mass is 257 g/mol. The summed E-state index contributed by atoms with van der Waals surface area (Å²) in [6, 6.07) is 8.51. The molecule has 0 bridgehead atoms. The number of nitrogens with zero attached hydrogens (tertiary/aromatic N) is 2. The van der Waals surface area contributed by atoms with E-state index in [1.807, 2.05) is 35.8 Å². The Kier molecular flexibility index (Phi) is 3.67. The molecule has 0 aliphatic carbocycles. The highest BCUT2D eigenvalue weighted by atomic mass is 16.2. The zero-order valence-corrected chi connectivity index (χ0v) is 9.83. The number of nitrogens with one attached hydrogen (secondary N) is 2. The molecule has 3 amide bonds. The van der Waals surface area contributed by atoms with Crippen molar-refractivity contribution in [1.82, 2.24) is 20.8 Å². The third kappa shape index (κ3) is 3.25. The lowest BCUT2D eigenvalue weighted by atomic mass is 10.2. The van der Waals surface area contributed by atoms with E-state index in [2.05, 4.69) is 15.4 Å². The van der Waals surface area contributed by atoms with Crippen LogP contribution in [-0.4, -0.2) is 21.9 Å². The van der Waals surface area contributed by atoms with Crippen molar-refractivity contribution in [2.75, 3.05) is 0 Å². The predicted molar refractivity (Wildman–Crippen MR) is 67.7 cm³/mol. The molecule has 0 aliphatic heterocycles. The summed E-state index contributed by atoms with van der Waals surface area (Å²) in [7, 11) is 0. The van der Waals surface area contributed by atoms with Crippen LogP contribution in [-0.2, 0) is 0 Å². The molecule has 2 rings (SSSR count). The minimum absolute atomic E-state index is 0.216. The minimum atomic E-state index is -0.852. The predicted octanol–water partition coefficient (Wildman–Crippen LogP) is 0.457. The first-order valence-corrected chi connectivity index (χ1v) is 5.40. The quantitative estimate of drug-likeness (QED) is 0.678. The lowest BCUT2D eigenvalue weighted by molar-refractivity contribution is 0.0936. The summed E-state index contributed by atoms with van der Waals surface area (Å²) in [6.07, 6.45) is 2.74. The van der Waals surface area contributed by atoms with Crippen LogP contribution in [0.4, 0.5) is 4.79 Å². The van der Waals surface area contributed by atoms with Crippen LogP contribution in [0.1, 0.15) is 10.4 Å². The highest BCUT2D eigenvalue weighted by Crippen LogP contribution is 2.12. The third-order valence-electron chi connectivity index (χ3n) is 2.25. The van der Waals surface area contributed by atoms with Crippen molar-refractivity contribution in [2.24, 2.45) is 5.73 Å². The molecule has 0 radical (unpaired) electrons. The molecular formula is C12H11N5O2. The smallest absolute Gasteiger partial charge is 0.330 e. The molecule has 1 aromatic heterocycles. The van der Waals surface area contributed by atoms with Gasteiger partial charge in [0.1, 0.15) is 0 Å². The van der Waals surface area contributed by atoms with Gasteiger partial charge in [-0.05, 0) is 0 Å². The van der Waals surface area contributed by atoms with Gasteiger partial charge >= 0.3 is 6.03 Å². The second kappa shape index (κ2) is 5.58. The zero-order chi connectivity index (χ0) is 13.7. The van der Waals surface area contributed by atoms with Crippen LogP contribution in [0.5, 0.6) is 0 Å². The summed E-state index contributed by atoms with van der Waals surface area (Å²) in [5.74, 6) is -0.0292. The Hall–Kier alpha value is -2.96. The maximum absolute atomic E-state index is 11.5. The van der Waals surface area contributed by atoms with Gasteiger partial charge in [0.15, 0.2) is 5.82 Å². The van der Waals surface area contributed by atoms with Crippen LogP contribution in [0.25, 0.3) is 11.4 Å².